The molecule has 1 aliphatic heterocycles. The molecule has 0 radical (unpaired) electrons. The topological polar surface area (TPSA) is 79.4 Å². The van der Waals surface area contributed by atoms with Crippen LogP contribution in [-0.4, -0.2) is 22.7 Å². The molecule has 0 spiro atoms. The third kappa shape index (κ3) is 2.97. The summed E-state index contributed by atoms with van der Waals surface area (Å²) in [4.78, 5) is 42.5. The van der Waals surface area contributed by atoms with E-state index in [-0.39, 0.29) is 17.7 Å². The van der Waals surface area contributed by atoms with E-state index in [0.29, 0.717) is 28.2 Å². The summed E-state index contributed by atoms with van der Waals surface area (Å²) < 4.78 is 0. The molecule has 0 bridgehead atoms. The number of hydrogen-bond donors (Lipinski definition) is 1. The van der Waals surface area contributed by atoms with E-state index in [2.05, 4.69) is 10.3 Å². The van der Waals surface area contributed by atoms with Gasteiger partial charge in [0, 0.05) is 11.9 Å². The summed E-state index contributed by atoms with van der Waals surface area (Å²) in [5.41, 5.74) is 3.03. The zero-order valence-electron chi connectivity index (χ0n) is 14.5. The van der Waals surface area contributed by atoms with Crippen LogP contribution >= 0.6 is 0 Å². The molecule has 0 fully saturated rings. The number of nitrogens with one attached hydrogen (secondary N) is 1. The monoisotopic (exact) mass is 357 g/mol. The van der Waals surface area contributed by atoms with Crippen molar-refractivity contribution < 1.29 is 14.4 Å². The van der Waals surface area contributed by atoms with Gasteiger partial charge in [0.2, 0.25) is 0 Å². The van der Waals surface area contributed by atoms with Crippen LogP contribution in [0.15, 0.2) is 66.9 Å². The first-order valence-electron chi connectivity index (χ1n) is 8.36. The smallest absolute Gasteiger partial charge is 0.274 e. The maximum atomic E-state index is 12.6. The highest BCUT2D eigenvalue weighted by Gasteiger charge is 2.36. The number of nitrogens with zero attached hydrogens (tertiary/aromatic N) is 2. The van der Waals surface area contributed by atoms with Crippen molar-refractivity contribution >= 4 is 29.1 Å². The molecule has 27 heavy (non-hydrogen) atoms. The maximum absolute atomic E-state index is 12.6. The summed E-state index contributed by atoms with van der Waals surface area (Å²) in [5, 5.41) is 2.73. The second kappa shape index (κ2) is 6.49. The number of amides is 3. The zero-order chi connectivity index (χ0) is 19.0. The molecule has 6 heteroatoms. The van der Waals surface area contributed by atoms with Crippen LogP contribution in [0.25, 0.3) is 0 Å². The van der Waals surface area contributed by atoms with E-state index in [4.69, 9.17) is 0 Å². The number of benzene rings is 2. The first kappa shape index (κ1) is 16.7. The van der Waals surface area contributed by atoms with Crippen LogP contribution in [-0.2, 0) is 0 Å². The first-order chi connectivity index (χ1) is 13.0. The quantitative estimate of drug-likeness (QED) is 0.728. The minimum absolute atomic E-state index is 0.303. The lowest BCUT2D eigenvalue weighted by Gasteiger charge is -2.14. The molecule has 0 saturated carbocycles. The van der Waals surface area contributed by atoms with Gasteiger partial charge in [-0.15, -0.1) is 0 Å². The zero-order valence-corrected chi connectivity index (χ0v) is 14.5. The molecule has 1 aliphatic rings. The largest absolute Gasteiger partial charge is 0.321 e. The number of hydrogen-bond acceptors (Lipinski definition) is 4. The number of rotatable bonds is 3. The highest BCUT2D eigenvalue weighted by Crippen LogP contribution is 2.29. The average Bonchev–Trinajstić information content (AvgIpc) is 2.93. The van der Waals surface area contributed by atoms with Crippen LogP contribution in [0.3, 0.4) is 0 Å². The van der Waals surface area contributed by atoms with Crippen molar-refractivity contribution in [3.63, 3.8) is 0 Å². The lowest BCUT2D eigenvalue weighted by molar-refractivity contribution is 0.0924. The van der Waals surface area contributed by atoms with E-state index in [1.165, 1.54) is 0 Å². The summed E-state index contributed by atoms with van der Waals surface area (Å²) in [6.07, 6.45) is 1.54. The van der Waals surface area contributed by atoms with Crippen molar-refractivity contribution in [3.05, 3.63) is 89.2 Å². The minimum atomic E-state index is -0.347. The Labute approximate surface area is 155 Å². The van der Waals surface area contributed by atoms with E-state index >= 15 is 0 Å². The molecule has 132 valence electrons. The van der Waals surface area contributed by atoms with Gasteiger partial charge < -0.3 is 5.32 Å². The van der Waals surface area contributed by atoms with Crippen molar-refractivity contribution in [2.24, 2.45) is 0 Å². The van der Waals surface area contributed by atoms with Crippen molar-refractivity contribution in [2.45, 2.75) is 6.92 Å². The molecule has 0 unspecified atom stereocenters. The first-order valence-corrected chi connectivity index (χ1v) is 8.36. The molecular formula is C21H15N3O3. The average molecular weight is 357 g/mol. The van der Waals surface area contributed by atoms with E-state index < -0.39 is 0 Å². The van der Waals surface area contributed by atoms with Gasteiger partial charge in [-0.1, -0.05) is 17.7 Å². The van der Waals surface area contributed by atoms with Crippen LogP contribution in [0.2, 0.25) is 0 Å². The Bertz CT molecular complexity index is 1060. The molecule has 0 aliphatic carbocycles. The molecule has 2 aromatic carbocycles. The maximum Gasteiger partial charge on any atom is 0.274 e. The number of aryl methyl sites for hydroxylation is 1. The molecule has 0 atom stereocenters. The van der Waals surface area contributed by atoms with Crippen LogP contribution in [0.4, 0.5) is 11.4 Å². The van der Waals surface area contributed by atoms with Crippen molar-refractivity contribution in [2.75, 3.05) is 10.2 Å². The molecule has 1 aromatic heterocycles. The lowest BCUT2D eigenvalue weighted by atomic mass is 10.1. The van der Waals surface area contributed by atoms with E-state index in [0.717, 1.165) is 10.5 Å². The second-order valence-electron chi connectivity index (χ2n) is 6.21. The molecule has 0 saturated heterocycles. The minimum Gasteiger partial charge on any atom is -0.321 e. The third-order valence-electron chi connectivity index (χ3n) is 4.32. The second-order valence-corrected chi connectivity index (χ2v) is 6.21. The van der Waals surface area contributed by atoms with E-state index in [1.807, 2.05) is 13.0 Å². The Morgan fingerprint density at radius 2 is 1.67 bits per heavy atom. The van der Waals surface area contributed by atoms with Gasteiger partial charge in [-0.25, -0.2) is 4.90 Å². The lowest BCUT2D eigenvalue weighted by Crippen LogP contribution is -2.29. The summed E-state index contributed by atoms with van der Waals surface area (Å²) in [6, 6.07) is 16.8. The number of imide groups is 1. The van der Waals surface area contributed by atoms with Crippen LogP contribution in [0, 0.1) is 6.92 Å². The SMILES string of the molecule is Cc1ccc2c(c1)C(=O)N(c1ccc(NC(=O)c3ccccn3)cc1)C2=O. The Morgan fingerprint density at radius 1 is 0.926 bits per heavy atom. The van der Waals surface area contributed by atoms with Gasteiger partial charge in [-0.2, -0.15) is 0 Å². The van der Waals surface area contributed by atoms with Crippen LogP contribution in [0.5, 0.6) is 0 Å². The number of aromatic nitrogens is 1. The molecule has 4 rings (SSSR count). The Hall–Kier alpha value is -3.80. The molecule has 3 amide bonds. The van der Waals surface area contributed by atoms with Crippen molar-refractivity contribution in [3.8, 4) is 0 Å². The summed E-state index contributed by atoms with van der Waals surface area (Å²) >= 11 is 0. The van der Waals surface area contributed by atoms with Gasteiger partial charge in [0.05, 0.1) is 16.8 Å². The number of fused-ring (bicyclic) bond motifs is 1. The van der Waals surface area contributed by atoms with Gasteiger partial charge in [0.15, 0.2) is 0 Å². The highest BCUT2D eigenvalue weighted by atomic mass is 16.2. The highest BCUT2D eigenvalue weighted by molar-refractivity contribution is 6.34. The van der Waals surface area contributed by atoms with Crippen molar-refractivity contribution in [1.29, 1.82) is 0 Å². The van der Waals surface area contributed by atoms with Gasteiger partial charge in [-0.3, -0.25) is 19.4 Å². The van der Waals surface area contributed by atoms with Gasteiger partial charge in [0.25, 0.3) is 17.7 Å². The number of pyridine rings is 1. The number of carbonyl (C=O) groups is 3. The fourth-order valence-electron chi connectivity index (χ4n) is 2.98. The Morgan fingerprint density at radius 3 is 2.37 bits per heavy atom. The standard InChI is InChI=1S/C21H15N3O3/c1-13-5-10-16-17(12-13)21(27)24(20(16)26)15-8-6-14(7-9-15)23-19(25)18-4-2-3-11-22-18/h2-12H,1H3,(H,23,25). The van der Waals surface area contributed by atoms with E-state index in [1.54, 1.807) is 60.8 Å². The molecular weight excluding hydrogens is 342 g/mol. The van der Waals surface area contributed by atoms with Gasteiger partial charge in [-0.05, 0) is 55.5 Å². The summed E-state index contributed by atoms with van der Waals surface area (Å²) in [7, 11) is 0. The summed E-state index contributed by atoms with van der Waals surface area (Å²) in [5.74, 6) is -1.02. The van der Waals surface area contributed by atoms with Crippen LogP contribution in [0.1, 0.15) is 36.8 Å². The number of carbonyl (C=O) groups excluding carboxylic acids is 3. The molecule has 6 nitrogen and oxygen atoms in total. The molecule has 2 heterocycles. The van der Waals surface area contributed by atoms with Crippen molar-refractivity contribution in [1.82, 2.24) is 4.98 Å². The molecule has 1 N–H and O–H groups in total. The fraction of sp³-hybridized carbons (Fsp3) is 0.0476. The predicted molar refractivity (Wildman–Crippen MR) is 101 cm³/mol. The third-order valence-corrected chi connectivity index (χ3v) is 4.32. The van der Waals surface area contributed by atoms with Gasteiger partial charge in [0.1, 0.15) is 5.69 Å². The normalized spacial score (nSPS) is 12.9. The Balaban J connectivity index is 1.56. The Kier molecular flexibility index (Phi) is 4.01. The van der Waals surface area contributed by atoms with Crippen LogP contribution < -0.4 is 10.2 Å². The number of anilines is 2. The fourth-order valence-corrected chi connectivity index (χ4v) is 2.98. The molecule has 3 aromatic rings. The van der Waals surface area contributed by atoms with E-state index in [9.17, 15) is 14.4 Å². The summed E-state index contributed by atoms with van der Waals surface area (Å²) in [6.45, 7) is 1.87. The predicted octanol–water partition coefficient (Wildman–Crippen LogP) is 3.44. The van der Waals surface area contributed by atoms with Gasteiger partial charge >= 0.3 is 0 Å².